The highest BCUT2D eigenvalue weighted by molar-refractivity contribution is 5.76. The maximum atomic E-state index is 13.3. The van der Waals surface area contributed by atoms with Gasteiger partial charge in [0.2, 0.25) is 0 Å². The van der Waals surface area contributed by atoms with Crippen LogP contribution in [-0.4, -0.2) is 46.8 Å². The van der Waals surface area contributed by atoms with Gasteiger partial charge < -0.3 is 4.90 Å². The van der Waals surface area contributed by atoms with Gasteiger partial charge in [-0.05, 0) is 35.9 Å². The number of piperazine rings is 1. The van der Waals surface area contributed by atoms with E-state index in [1.807, 2.05) is 68.6 Å². The number of para-hydroxylation sites is 2. The van der Waals surface area contributed by atoms with Gasteiger partial charge in [-0.3, -0.25) is 14.0 Å². The van der Waals surface area contributed by atoms with Crippen molar-refractivity contribution in [2.45, 2.75) is 19.3 Å². The Bertz CT molecular complexity index is 1350. The van der Waals surface area contributed by atoms with Crippen molar-refractivity contribution in [2.24, 2.45) is 0 Å². The number of alkyl halides is 3. The molecule has 1 fully saturated rings. The van der Waals surface area contributed by atoms with Crippen molar-refractivity contribution in [3.05, 3.63) is 100 Å². The molecule has 5 rings (SSSR count). The molecule has 1 aliphatic heterocycles. The molecule has 182 valence electrons. The van der Waals surface area contributed by atoms with Crippen LogP contribution in [0.2, 0.25) is 0 Å². The van der Waals surface area contributed by atoms with Gasteiger partial charge in [-0.25, -0.2) is 4.79 Å². The second-order valence-corrected chi connectivity index (χ2v) is 8.87. The smallest absolute Gasteiger partial charge is 0.369 e. The molecular formula is C27H27F3N4O. The lowest BCUT2D eigenvalue weighted by atomic mass is 10.1. The van der Waals surface area contributed by atoms with Gasteiger partial charge in [0.15, 0.2) is 0 Å². The molecule has 2 heterocycles. The highest BCUT2D eigenvalue weighted by Gasteiger charge is 2.31. The second-order valence-electron chi connectivity index (χ2n) is 8.87. The van der Waals surface area contributed by atoms with E-state index in [9.17, 15) is 18.0 Å². The number of hydrogen-bond acceptors (Lipinski definition) is 3. The van der Waals surface area contributed by atoms with Crippen LogP contribution in [0.15, 0.2) is 83.7 Å². The maximum Gasteiger partial charge on any atom is 0.416 e. The van der Waals surface area contributed by atoms with Crippen LogP contribution in [0.3, 0.4) is 0 Å². The lowest BCUT2D eigenvalue weighted by Crippen LogP contribution is -2.47. The molecule has 1 aliphatic rings. The van der Waals surface area contributed by atoms with Crippen LogP contribution >= 0.6 is 0 Å². The molecule has 0 atom stereocenters. The molecule has 1 saturated heterocycles. The normalized spacial score (nSPS) is 15.1. The molecule has 0 bridgehead atoms. The van der Waals surface area contributed by atoms with E-state index in [-0.39, 0.29) is 5.69 Å². The lowest BCUT2D eigenvalue weighted by Gasteiger charge is -2.36. The van der Waals surface area contributed by atoms with Crippen LogP contribution in [0.5, 0.6) is 0 Å². The summed E-state index contributed by atoms with van der Waals surface area (Å²) in [6.45, 7) is 4.53. The van der Waals surface area contributed by atoms with E-state index >= 15 is 0 Å². The predicted molar refractivity (Wildman–Crippen MR) is 132 cm³/mol. The molecule has 0 spiro atoms. The third-order valence-corrected chi connectivity index (χ3v) is 6.66. The van der Waals surface area contributed by atoms with Crippen molar-refractivity contribution in [1.82, 2.24) is 14.0 Å². The molecule has 0 N–H and O–H groups in total. The standard InChI is InChI=1S/C27H27F3N4O/c28-27(29,30)22-9-6-10-23(19-22)32-16-13-31(14-17-32)15-18-33-24-11-4-5-12-25(24)34(26(33)35)20-21-7-2-1-3-8-21/h1-12,19H,13-18,20H2. The minimum Gasteiger partial charge on any atom is -0.369 e. The van der Waals surface area contributed by atoms with Crippen LogP contribution in [0.4, 0.5) is 18.9 Å². The van der Waals surface area contributed by atoms with E-state index < -0.39 is 11.7 Å². The Morgan fingerprint density at radius 2 is 1.37 bits per heavy atom. The number of hydrogen-bond donors (Lipinski definition) is 0. The van der Waals surface area contributed by atoms with Crippen LogP contribution in [0, 0.1) is 0 Å². The Kier molecular flexibility index (Phi) is 6.38. The molecular weight excluding hydrogens is 453 g/mol. The third-order valence-electron chi connectivity index (χ3n) is 6.66. The second kappa shape index (κ2) is 9.62. The lowest BCUT2D eigenvalue weighted by molar-refractivity contribution is -0.137. The van der Waals surface area contributed by atoms with Gasteiger partial charge in [0.25, 0.3) is 0 Å². The fourth-order valence-electron chi connectivity index (χ4n) is 4.76. The Morgan fingerprint density at radius 1 is 0.714 bits per heavy atom. The van der Waals surface area contributed by atoms with E-state index in [4.69, 9.17) is 0 Å². The van der Waals surface area contributed by atoms with Gasteiger partial charge in [-0.15, -0.1) is 0 Å². The number of nitrogens with zero attached hydrogens (tertiary/aromatic N) is 4. The van der Waals surface area contributed by atoms with Crippen LogP contribution in [-0.2, 0) is 19.3 Å². The third kappa shape index (κ3) is 4.98. The molecule has 0 radical (unpaired) electrons. The van der Waals surface area contributed by atoms with Crippen LogP contribution < -0.4 is 10.6 Å². The summed E-state index contributed by atoms with van der Waals surface area (Å²) in [5.74, 6) is 0. The molecule has 0 unspecified atom stereocenters. The zero-order chi connectivity index (χ0) is 24.4. The SMILES string of the molecule is O=c1n(CCN2CCN(c3cccc(C(F)(F)F)c3)CC2)c2ccccc2n1Cc1ccccc1. The summed E-state index contributed by atoms with van der Waals surface area (Å²) in [6, 6.07) is 23.3. The van der Waals surface area contributed by atoms with E-state index in [2.05, 4.69) is 4.90 Å². The summed E-state index contributed by atoms with van der Waals surface area (Å²) in [5, 5.41) is 0. The first-order valence-corrected chi connectivity index (χ1v) is 11.8. The minimum atomic E-state index is -4.34. The summed E-state index contributed by atoms with van der Waals surface area (Å²) in [4.78, 5) is 17.6. The van der Waals surface area contributed by atoms with Gasteiger partial charge in [-0.1, -0.05) is 48.5 Å². The zero-order valence-corrected chi connectivity index (χ0v) is 19.3. The number of halogens is 3. The molecule has 3 aromatic carbocycles. The molecule has 35 heavy (non-hydrogen) atoms. The fourth-order valence-corrected chi connectivity index (χ4v) is 4.76. The summed E-state index contributed by atoms with van der Waals surface area (Å²) in [5.41, 5.74) is 2.84. The molecule has 1 aromatic heterocycles. The molecule has 8 heteroatoms. The first-order valence-electron chi connectivity index (χ1n) is 11.8. The largest absolute Gasteiger partial charge is 0.416 e. The number of anilines is 1. The van der Waals surface area contributed by atoms with Crippen LogP contribution in [0.25, 0.3) is 11.0 Å². The molecule has 5 nitrogen and oxygen atoms in total. The summed E-state index contributed by atoms with van der Waals surface area (Å²) in [7, 11) is 0. The molecule has 0 aliphatic carbocycles. The molecule has 0 saturated carbocycles. The topological polar surface area (TPSA) is 33.4 Å². The number of fused-ring (bicyclic) bond motifs is 1. The summed E-state index contributed by atoms with van der Waals surface area (Å²) >= 11 is 0. The number of benzene rings is 3. The zero-order valence-electron chi connectivity index (χ0n) is 19.3. The van der Waals surface area contributed by atoms with E-state index in [1.54, 1.807) is 6.07 Å². The van der Waals surface area contributed by atoms with E-state index in [1.165, 1.54) is 12.1 Å². The van der Waals surface area contributed by atoms with Crippen molar-refractivity contribution in [1.29, 1.82) is 0 Å². The van der Waals surface area contributed by atoms with Crippen molar-refractivity contribution in [3.63, 3.8) is 0 Å². The van der Waals surface area contributed by atoms with Gasteiger partial charge >= 0.3 is 11.9 Å². The fraction of sp³-hybridized carbons (Fsp3) is 0.296. The van der Waals surface area contributed by atoms with Gasteiger partial charge in [0, 0.05) is 45.0 Å². The van der Waals surface area contributed by atoms with Crippen molar-refractivity contribution in [3.8, 4) is 0 Å². The van der Waals surface area contributed by atoms with Crippen molar-refractivity contribution >= 4 is 16.7 Å². The first kappa shape index (κ1) is 23.2. The predicted octanol–water partition coefficient (Wildman–Crippen LogP) is 4.69. The first-order chi connectivity index (χ1) is 16.9. The van der Waals surface area contributed by atoms with Crippen LogP contribution in [0.1, 0.15) is 11.1 Å². The number of aromatic nitrogens is 2. The van der Waals surface area contributed by atoms with Gasteiger partial charge in [0.05, 0.1) is 23.1 Å². The van der Waals surface area contributed by atoms with Gasteiger partial charge in [0.1, 0.15) is 0 Å². The Hall–Kier alpha value is -3.52. The van der Waals surface area contributed by atoms with Crippen molar-refractivity contribution < 1.29 is 13.2 Å². The minimum absolute atomic E-state index is 0.0299. The quantitative estimate of drug-likeness (QED) is 0.402. The number of rotatable bonds is 6. The molecule has 4 aromatic rings. The highest BCUT2D eigenvalue weighted by Crippen LogP contribution is 2.31. The Balaban J connectivity index is 1.26. The average Bonchev–Trinajstić information content (AvgIpc) is 3.14. The molecule has 0 amide bonds. The van der Waals surface area contributed by atoms with E-state index in [0.717, 1.165) is 35.8 Å². The summed E-state index contributed by atoms with van der Waals surface area (Å²) < 4.78 is 42.9. The summed E-state index contributed by atoms with van der Waals surface area (Å²) in [6.07, 6.45) is -4.34. The van der Waals surface area contributed by atoms with Crippen molar-refractivity contribution in [2.75, 3.05) is 37.6 Å². The van der Waals surface area contributed by atoms with E-state index in [0.29, 0.717) is 38.4 Å². The maximum absolute atomic E-state index is 13.3. The Morgan fingerprint density at radius 3 is 2.06 bits per heavy atom. The Labute approximate surface area is 201 Å². The monoisotopic (exact) mass is 480 g/mol. The van der Waals surface area contributed by atoms with Gasteiger partial charge in [-0.2, -0.15) is 13.2 Å². The highest BCUT2D eigenvalue weighted by atomic mass is 19.4. The number of imidazole rings is 1. The average molecular weight is 481 g/mol.